The third-order valence-electron chi connectivity index (χ3n) is 3.46. The van der Waals surface area contributed by atoms with E-state index in [1.165, 1.54) is 12.1 Å². The Balaban J connectivity index is 1.81. The quantitative estimate of drug-likeness (QED) is 0.784. The number of anilines is 1. The first-order valence-corrected chi connectivity index (χ1v) is 5.51. The van der Waals surface area contributed by atoms with Gasteiger partial charge in [-0.2, -0.15) is 0 Å². The van der Waals surface area contributed by atoms with E-state index in [9.17, 15) is 0 Å². The molecule has 2 atom stereocenters. The van der Waals surface area contributed by atoms with E-state index < -0.39 is 0 Å². The fourth-order valence-corrected chi connectivity index (χ4v) is 2.65. The fourth-order valence-electron chi connectivity index (χ4n) is 2.65. The van der Waals surface area contributed by atoms with Gasteiger partial charge >= 0.3 is 0 Å². The average molecular weight is 204 g/mol. The summed E-state index contributed by atoms with van der Waals surface area (Å²) < 4.78 is 5.16. The molecule has 0 aliphatic carbocycles. The first-order valence-electron chi connectivity index (χ1n) is 5.51. The lowest BCUT2D eigenvalue weighted by molar-refractivity contribution is 0.414. The standard InChI is InChI=1S/C12H16N2O/c1-15-12-4-2-10(3-5-12)14-8-9-6-11(14)7-13-9/h2-5,9,11,13H,6-8H2,1H3/t9-,11-/m0/s1. The normalized spacial score (nSPS) is 28.5. The van der Waals surface area contributed by atoms with Crippen molar-refractivity contribution in [3.63, 3.8) is 0 Å². The number of piperazine rings is 1. The third-order valence-corrected chi connectivity index (χ3v) is 3.46. The zero-order valence-corrected chi connectivity index (χ0v) is 8.94. The van der Waals surface area contributed by atoms with Gasteiger partial charge in [0.2, 0.25) is 0 Å². The molecule has 0 radical (unpaired) electrons. The van der Waals surface area contributed by atoms with Crippen LogP contribution in [0.4, 0.5) is 5.69 Å². The summed E-state index contributed by atoms with van der Waals surface area (Å²) in [6.07, 6.45) is 1.30. The van der Waals surface area contributed by atoms with E-state index >= 15 is 0 Å². The van der Waals surface area contributed by atoms with Crippen molar-refractivity contribution in [2.24, 2.45) is 0 Å². The largest absolute Gasteiger partial charge is 0.497 e. The third kappa shape index (κ3) is 1.47. The smallest absolute Gasteiger partial charge is 0.119 e. The van der Waals surface area contributed by atoms with E-state index in [1.807, 2.05) is 12.1 Å². The average Bonchev–Trinajstić information content (AvgIpc) is 2.91. The predicted octanol–water partition coefficient (Wildman–Crippen LogP) is 1.25. The van der Waals surface area contributed by atoms with Gasteiger partial charge < -0.3 is 15.0 Å². The number of methoxy groups -OCH3 is 1. The molecular formula is C12H16N2O. The van der Waals surface area contributed by atoms with E-state index in [1.54, 1.807) is 7.11 Å². The SMILES string of the molecule is COc1ccc(N2C[C@@H]3C[C@H]2CN3)cc1. The number of fused-ring (bicyclic) bond motifs is 2. The molecule has 2 fully saturated rings. The molecule has 1 aromatic rings. The zero-order chi connectivity index (χ0) is 10.3. The van der Waals surface area contributed by atoms with Crippen LogP contribution in [0.3, 0.4) is 0 Å². The van der Waals surface area contributed by atoms with Crippen molar-refractivity contribution in [3.8, 4) is 5.75 Å². The molecule has 1 aromatic carbocycles. The number of ether oxygens (including phenoxy) is 1. The van der Waals surface area contributed by atoms with E-state index in [0.29, 0.717) is 12.1 Å². The van der Waals surface area contributed by atoms with Gasteiger partial charge in [0, 0.05) is 30.9 Å². The number of hydrogen-bond acceptors (Lipinski definition) is 3. The summed E-state index contributed by atoms with van der Waals surface area (Å²) in [5.74, 6) is 0.932. The second-order valence-electron chi connectivity index (χ2n) is 4.35. The fraction of sp³-hybridized carbons (Fsp3) is 0.500. The molecule has 0 amide bonds. The van der Waals surface area contributed by atoms with Crippen LogP contribution in [0.5, 0.6) is 5.75 Å². The maximum atomic E-state index is 5.16. The molecule has 2 saturated heterocycles. The number of nitrogens with one attached hydrogen (secondary N) is 1. The molecule has 2 aliphatic heterocycles. The van der Waals surface area contributed by atoms with Gasteiger partial charge in [-0.25, -0.2) is 0 Å². The monoisotopic (exact) mass is 204 g/mol. The highest BCUT2D eigenvalue weighted by molar-refractivity contribution is 5.52. The number of hydrogen-bond donors (Lipinski definition) is 1. The van der Waals surface area contributed by atoms with Crippen LogP contribution >= 0.6 is 0 Å². The van der Waals surface area contributed by atoms with Crippen molar-refractivity contribution in [1.29, 1.82) is 0 Å². The molecular weight excluding hydrogens is 188 g/mol. The molecule has 80 valence electrons. The Labute approximate surface area is 90.0 Å². The highest BCUT2D eigenvalue weighted by atomic mass is 16.5. The summed E-state index contributed by atoms with van der Waals surface area (Å²) in [6.45, 7) is 2.29. The van der Waals surface area contributed by atoms with Crippen molar-refractivity contribution < 1.29 is 4.74 Å². The van der Waals surface area contributed by atoms with Crippen LogP contribution in [-0.4, -0.2) is 32.3 Å². The van der Waals surface area contributed by atoms with E-state index in [2.05, 4.69) is 22.3 Å². The highest BCUT2D eigenvalue weighted by Crippen LogP contribution is 2.30. The molecule has 3 rings (SSSR count). The summed E-state index contributed by atoms with van der Waals surface area (Å²) in [5, 5.41) is 3.51. The van der Waals surface area contributed by atoms with E-state index in [0.717, 1.165) is 18.8 Å². The van der Waals surface area contributed by atoms with Gasteiger partial charge in [0.1, 0.15) is 5.75 Å². The van der Waals surface area contributed by atoms with Crippen LogP contribution in [-0.2, 0) is 0 Å². The minimum absolute atomic E-state index is 0.698. The van der Waals surface area contributed by atoms with Gasteiger partial charge in [-0.1, -0.05) is 0 Å². The van der Waals surface area contributed by atoms with Gasteiger partial charge in [0.15, 0.2) is 0 Å². The summed E-state index contributed by atoms with van der Waals surface area (Å²) >= 11 is 0. The van der Waals surface area contributed by atoms with Crippen LogP contribution in [0.1, 0.15) is 6.42 Å². The second kappa shape index (κ2) is 3.42. The second-order valence-corrected chi connectivity index (χ2v) is 4.35. The van der Waals surface area contributed by atoms with E-state index in [4.69, 9.17) is 4.74 Å². The van der Waals surface area contributed by atoms with Crippen LogP contribution in [0.25, 0.3) is 0 Å². The molecule has 2 bridgehead atoms. The van der Waals surface area contributed by atoms with Crippen LogP contribution < -0.4 is 15.0 Å². The van der Waals surface area contributed by atoms with Gasteiger partial charge in [0.05, 0.1) is 7.11 Å². The summed E-state index contributed by atoms with van der Waals surface area (Å²) in [4.78, 5) is 2.50. The van der Waals surface area contributed by atoms with Crippen LogP contribution in [0, 0.1) is 0 Å². The zero-order valence-electron chi connectivity index (χ0n) is 8.94. The molecule has 3 nitrogen and oxygen atoms in total. The Morgan fingerprint density at radius 1 is 1.33 bits per heavy atom. The Bertz CT molecular complexity index is 349. The highest BCUT2D eigenvalue weighted by Gasteiger charge is 2.37. The van der Waals surface area contributed by atoms with Gasteiger partial charge in [-0.05, 0) is 30.7 Å². The topological polar surface area (TPSA) is 24.5 Å². The van der Waals surface area contributed by atoms with Crippen LogP contribution in [0.2, 0.25) is 0 Å². The lowest BCUT2D eigenvalue weighted by atomic mass is 10.2. The first-order chi connectivity index (χ1) is 7.36. The van der Waals surface area contributed by atoms with Crippen molar-refractivity contribution in [2.75, 3.05) is 25.1 Å². The number of nitrogens with zero attached hydrogens (tertiary/aromatic N) is 1. The van der Waals surface area contributed by atoms with Crippen molar-refractivity contribution in [2.45, 2.75) is 18.5 Å². The Hall–Kier alpha value is -1.22. The molecule has 3 heteroatoms. The van der Waals surface area contributed by atoms with Crippen LogP contribution in [0.15, 0.2) is 24.3 Å². The molecule has 0 unspecified atom stereocenters. The number of benzene rings is 1. The minimum Gasteiger partial charge on any atom is -0.497 e. The summed E-state index contributed by atoms with van der Waals surface area (Å²) in [7, 11) is 1.71. The van der Waals surface area contributed by atoms with Crippen molar-refractivity contribution >= 4 is 5.69 Å². The Morgan fingerprint density at radius 2 is 2.13 bits per heavy atom. The Kier molecular flexibility index (Phi) is 2.06. The lowest BCUT2D eigenvalue weighted by Gasteiger charge is -2.29. The molecule has 2 aliphatic rings. The predicted molar refractivity (Wildman–Crippen MR) is 60.5 cm³/mol. The molecule has 15 heavy (non-hydrogen) atoms. The molecule has 0 aromatic heterocycles. The van der Waals surface area contributed by atoms with Crippen molar-refractivity contribution in [3.05, 3.63) is 24.3 Å². The molecule has 2 heterocycles. The molecule has 0 saturated carbocycles. The summed E-state index contributed by atoms with van der Waals surface area (Å²) in [6, 6.07) is 9.78. The van der Waals surface area contributed by atoms with Crippen molar-refractivity contribution in [1.82, 2.24) is 5.32 Å². The minimum atomic E-state index is 0.698. The lowest BCUT2D eigenvalue weighted by Crippen LogP contribution is -2.43. The van der Waals surface area contributed by atoms with E-state index in [-0.39, 0.29) is 0 Å². The first kappa shape index (κ1) is 9.04. The summed E-state index contributed by atoms with van der Waals surface area (Å²) in [5.41, 5.74) is 1.32. The Morgan fingerprint density at radius 3 is 2.67 bits per heavy atom. The maximum Gasteiger partial charge on any atom is 0.119 e. The number of rotatable bonds is 2. The van der Waals surface area contributed by atoms with Gasteiger partial charge in [-0.15, -0.1) is 0 Å². The maximum absolute atomic E-state index is 5.16. The molecule has 0 spiro atoms. The molecule has 1 N–H and O–H groups in total. The van der Waals surface area contributed by atoms with Gasteiger partial charge in [-0.3, -0.25) is 0 Å². The van der Waals surface area contributed by atoms with Gasteiger partial charge in [0.25, 0.3) is 0 Å².